The van der Waals surface area contributed by atoms with E-state index in [-0.39, 0.29) is 12.1 Å². The number of thiazole rings is 1. The van der Waals surface area contributed by atoms with Crippen LogP contribution < -0.4 is 5.73 Å². The average Bonchev–Trinajstić information content (AvgIpc) is 3.10. The second kappa shape index (κ2) is 4.75. The van der Waals surface area contributed by atoms with Gasteiger partial charge in [-0.1, -0.05) is 5.16 Å². The molecule has 18 heavy (non-hydrogen) atoms. The van der Waals surface area contributed by atoms with E-state index in [1.54, 1.807) is 0 Å². The molecule has 2 aromatic heterocycles. The first-order valence-corrected chi connectivity index (χ1v) is 6.78. The summed E-state index contributed by atoms with van der Waals surface area (Å²) in [7, 11) is 0. The summed E-state index contributed by atoms with van der Waals surface area (Å²) in [6.07, 6.45) is 1.95. The van der Waals surface area contributed by atoms with E-state index in [0.717, 1.165) is 24.5 Å². The Bertz CT molecular complexity index is 531. The third-order valence-electron chi connectivity index (χ3n) is 2.79. The fourth-order valence-corrected chi connectivity index (χ4v) is 2.60. The molecule has 0 aliphatic carbocycles. The van der Waals surface area contributed by atoms with E-state index in [1.165, 1.54) is 11.3 Å². The van der Waals surface area contributed by atoms with Gasteiger partial charge in [-0.05, 0) is 19.8 Å². The number of ether oxygens (including phenoxy) is 1. The summed E-state index contributed by atoms with van der Waals surface area (Å²) >= 11 is 1.50. The Morgan fingerprint density at radius 3 is 3.06 bits per heavy atom. The third-order valence-corrected chi connectivity index (χ3v) is 3.84. The molecule has 1 aliphatic heterocycles. The van der Waals surface area contributed by atoms with Crippen molar-refractivity contribution in [3.63, 3.8) is 0 Å². The van der Waals surface area contributed by atoms with Crippen LogP contribution in [-0.2, 0) is 4.74 Å². The van der Waals surface area contributed by atoms with Crippen LogP contribution in [0.4, 0.5) is 0 Å². The SMILES string of the molecule is CC(N)c1nc(-c2nc(C3CCCO3)no2)cs1. The second-order valence-corrected chi connectivity index (χ2v) is 5.21. The van der Waals surface area contributed by atoms with Gasteiger partial charge in [0.05, 0.1) is 6.04 Å². The van der Waals surface area contributed by atoms with Crippen molar-refractivity contribution < 1.29 is 9.26 Å². The minimum absolute atomic E-state index is 0.0333. The van der Waals surface area contributed by atoms with Crippen LogP contribution in [0.1, 0.15) is 42.7 Å². The van der Waals surface area contributed by atoms with Gasteiger partial charge in [-0.3, -0.25) is 0 Å². The molecule has 0 radical (unpaired) electrons. The normalized spacial score (nSPS) is 21.3. The van der Waals surface area contributed by atoms with Crippen molar-refractivity contribution in [3.05, 3.63) is 16.2 Å². The maximum atomic E-state index is 5.77. The highest BCUT2D eigenvalue weighted by molar-refractivity contribution is 7.10. The van der Waals surface area contributed by atoms with Gasteiger partial charge in [-0.25, -0.2) is 4.98 Å². The Morgan fingerprint density at radius 2 is 2.39 bits per heavy atom. The lowest BCUT2D eigenvalue weighted by Crippen LogP contribution is -2.03. The molecule has 1 fully saturated rings. The van der Waals surface area contributed by atoms with E-state index < -0.39 is 0 Å². The van der Waals surface area contributed by atoms with Gasteiger partial charge >= 0.3 is 0 Å². The summed E-state index contributed by atoms with van der Waals surface area (Å²) in [5, 5.41) is 6.69. The van der Waals surface area contributed by atoms with Gasteiger partial charge in [-0.2, -0.15) is 4.98 Å². The van der Waals surface area contributed by atoms with Crippen molar-refractivity contribution in [2.24, 2.45) is 5.73 Å². The number of hydrogen-bond acceptors (Lipinski definition) is 7. The molecule has 2 aromatic rings. The monoisotopic (exact) mass is 266 g/mol. The molecule has 0 spiro atoms. The summed E-state index contributed by atoms with van der Waals surface area (Å²) in [6, 6.07) is -0.0793. The lowest BCUT2D eigenvalue weighted by molar-refractivity contribution is 0.103. The first kappa shape index (κ1) is 11.8. The molecule has 96 valence electrons. The summed E-state index contributed by atoms with van der Waals surface area (Å²) in [5.41, 5.74) is 6.46. The predicted molar refractivity (Wildman–Crippen MR) is 65.9 cm³/mol. The molecular weight excluding hydrogens is 252 g/mol. The molecule has 2 unspecified atom stereocenters. The molecule has 7 heteroatoms. The van der Waals surface area contributed by atoms with Crippen molar-refractivity contribution in [2.75, 3.05) is 6.61 Å². The molecule has 3 heterocycles. The maximum Gasteiger partial charge on any atom is 0.277 e. The highest BCUT2D eigenvalue weighted by Gasteiger charge is 2.24. The zero-order valence-electron chi connectivity index (χ0n) is 10.00. The Hall–Kier alpha value is -1.31. The van der Waals surface area contributed by atoms with Crippen LogP contribution >= 0.6 is 11.3 Å². The quantitative estimate of drug-likeness (QED) is 0.915. The Labute approximate surface area is 108 Å². The van der Waals surface area contributed by atoms with Crippen molar-refractivity contribution in [1.29, 1.82) is 0 Å². The average molecular weight is 266 g/mol. The number of hydrogen-bond donors (Lipinski definition) is 1. The molecule has 0 aromatic carbocycles. The van der Waals surface area contributed by atoms with Gasteiger partial charge < -0.3 is 15.0 Å². The minimum Gasteiger partial charge on any atom is -0.370 e. The van der Waals surface area contributed by atoms with Crippen LogP contribution in [0.5, 0.6) is 0 Å². The molecule has 1 aliphatic rings. The zero-order valence-corrected chi connectivity index (χ0v) is 10.8. The summed E-state index contributed by atoms with van der Waals surface area (Å²) in [6.45, 7) is 2.66. The number of nitrogens with zero attached hydrogens (tertiary/aromatic N) is 3. The fraction of sp³-hybridized carbons (Fsp3) is 0.545. The first-order chi connectivity index (χ1) is 8.74. The van der Waals surface area contributed by atoms with Crippen molar-refractivity contribution >= 4 is 11.3 Å². The molecule has 1 saturated heterocycles. The van der Waals surface area contributed by atoms with Gasteiger partial charge in [0.25, 0.3) is 5.89 Å². The van der Waals surface area contributed by atoms with E-state index in [9.17, 15) is 0 Å². The Kier molecular flexibility index (Phi) is 3.11. The van der Waals surface area contributed by atoms with Crippen LogP contribution in [-0.4, -0.2) is 21.7 Å². The van der Waals surface area contributed by atoms with Gasteiger partial charge in [0.15, 0.2) is 0 Å². The standard InChI is InChI=1S/C11H14N4O2S/c1-6(12)11-13-7(5-18-11)10-14-9(15-17-10)8-3-2-4-16-8/h5-6,8H,2-4,12H2,1H3. The van der Waals surface area contributed by atoms with E-state index in [2.05, 4.69) is 15.1 Å². The minimum atomic E-state index is -0.0793. The van der Waals surface area contributed by atoms with Crippen LogP contribution in [0.25, 0.3) is 11.6 Å². The number of aromatic nitrogens is 3. The lowest BCUT2D eigenvalue weighted by Gasteiger charge is -2.00. The van der Waals surface area contributed by atoms with E-state index >= 15 is 0 Å². The Morgan fingerprint density at radius 1 is 1.50 bits per heavy atom. The topological polar surface area (TPSA) is 87.1 Å². The van der Waals surface area contributed by atoms with E-state index in [1.807, 2.05) is 12.3 Å². The van der Waals surface area contributed by atoms with Crippen LogP contribution in [0.2, 0.25) is 0 Å². The first-order valence-electron chi connectivity index (χ1n) is 5.90. The molecule has 0 saturated carbocycles. The van der Waals surface area contributed by atoms with Gasteiger partial charge in [0, 0.05) is 12.0 Å². The van der Waals surface area contributed by atoms with Crippen molar-refractivity contribution in [3.8, 4) is 11.6 Å². The molecule has 6 nitrogen and oxygen atoms in total. The summed E-state index contributed by atoms with van der Waals surface area (Å²) < 4.78 is 10.7. The lowest BCUT2D eigenvalue weighted by atomic mass is 10.2. The second-order valence-electron chi connectivity index (χ2n) is 4.32. The van der Waals surface area contributed by atoms with Crippen molar-refractivity contribution in [2.45, 2.75) is 31.9 Å². The molecule has 2 N–H and O–H groups in total. The highest BCUT2D eigenvalue weighted by atomic mass is 32.1. The molecular formula is C11H14N4O2S. The molecule has 3 rings (SSSR count). The van der Waals surface area contributed by atoms with Gasteiger partial charge in [0.1, 0.15) is 16.8 Å². The summed E-state index contributed by atoms with van der Waals surface area (Å²) in [4.78, 5) is 8.71. The molecule has 0 amide bonds. The highest BCUT2D eigenvalue weighted by Crippen LogP contribution is 2.29. The molecule has 0 bridgehead atoms. The van der Waals surface area contributed by atoms with Gasteiger partial charge in [0.2, 0.25) is 5.82 Å². The van der Waals surface area contributed by atoms with E-state index in [0.29, 0.717) is 17.4 Å². The van der Waals surface area contributed by atoms with Crippen LogP contribution in [0, 0.1) is 0 Å². The van der Waals surface area contributed by atoms with Crippen LogP contribution in [0.15, 0.2) is 9.90 Å². The van der Waals surface area contributed by atoms with Gasteiger partial charge in [-0.15, -0.1) is 11.3 Å². The molecule has 2 atom stereocenters. The van der Waals surface area contributed by atoms with E-state index in [4.69, 9.17) is 15.0 Å². The van der Waals surface area contributed by atoms with Crippen molar-refractivity contribution in [1.82, 2.24) is 15.1 Å². The number of nitrogens with two attached hydrogens (primary N) is 1. The largest absolute Gasteiger partial charge is 0.370 e. The smallest absolute Gasteiger partial charge is 0.277 e. The van der Waals surface area contributed by atoms with Crippen LogP contribution in [0.3, 0.4) is 0 Å². The fourth-order valence-electron chi connectivity index (χ4n) is 1.85. The number of rotatable bonds is 3. The summed E-state index contributed by atoms with van der Waals surface area (Å²) in [5.74, 6) is 1.04. The predicted octanol–water partition coefficient (Wildman–Crippen LogP) is 2.06. The maximum absolute atomic E-state index is 5.77. The third kappa shape index (κ3) is 2.16. The zero-order chi connectivity index (χ0) is 12.5. The Balaban J connectivity index is 1.83.